The van der Waals surface area contributed by atoms with Crippen LogP contribution in [-0.4, -0.2) is 30.0 Å². The second kappa shape index (κ2) is 8.17. The maximum Gasteiger partial charge on any atom is 0.165 e. The van der Waals surface area contributed by atoms with E-state index in [0.717, 1.165) is 41.2 Å². The van der Waals surface area contributed by atoms with Gasteiger partial charge in [-0.1, -0.05) is 22.0 Å². The van der Waals surface area contributed by atoms with Gasteiger partial charge in [-0.05, 0) is 19.1 Å². The summed E-state index contributed by atoms with van der Waals surface area (Å²) >= 11 is 3.48. The van der Waals surface area contributed by atoms with Gasteiger partial charge in [0.2, 0.25) is 0 Å². The molecule has 6 heteroatoms. The van der Waals surface area contributed by atoms with E-state index in [9.17, 15) is 0 Å². The van der Waals surface area contributed by atoms with Gasteiger partial charge < -0.3 is 14.8 Å². The van der Waals surface area contributed by atoms with Gasteiger partial charge in [0.05, 0.1) is 19.0 Å². The van der Waals surface area contributed by atoms with Crippen molar-refractivity contribution in [1.82, 2.24) is 15.1 Å². The van der Waals surface area contributed by atoms with Crippen molar-refractivity contribution in [3.63, 3.8) is 0 Å². The highest BCUT2D eigenvalue weighted by atomic mass is 79.9. The minimum atomic E-state index is 0.690. The third kappa shape index (κ3) is 4.84. The fraction of sp³-hybridized carbons (Fsp3) is 0.400. The van der Waals surface area contributed by atoms with Crippen molar-refractivity contribution in [1.29, 1.82) is 0 Å². The predicted molar refractivity (Wildman–Crippen MR) is 85.7 cm³/mol. The number of benzene rings is 1. The summed E-state index contributed by atoms with van der Waals surface area (Å²) in [4.78, 5) is 0. The van der Waals surface area contributed by atoms with Crippen LogP contribution < -0.4 is 10.1 Å². The average Bonchev–Trinajstić information content (AvgIpc) is 2.93. The summed E-state index contributed by atoms with van der Waals surface area (Å²) in [7, 11) is 1.70. The Morgan fingerprint density at radius 3 is 2.95 bits per heavy atom. The van der Waals surface area contributed by atoms with E-state index < -0.39 is 0 Å². The third-order valence-corrected chi connectivity index (χ3v) is 3.48. The topological polar surface area (TPSA) is 48.3 Å². The van der Waals surface area contributed by atoms with E-state index in [4.69, 9.17) is 9.47 Å². The number of hydrogen-bond donors (Lipinski definition) is 1. The summed E-state index contributed by atoms with van der Waals surface area (Å²) in [6.07, 6.45) is 3.62. The number of aryl methyl sites for hydroxylation is 1. The van der Waals surface area contributed by atoms with Gasteiger partial charge in [0.15, 0.2) is 5.75 Å². The van der Waals surface area contributed by atoms with Gasteiger partial charge in [-0.3, -0.25) is 4.68 Å². The van der Waals surface area contributed by atoms with Crippen LogP contribution in [-0.2, 0) is 17.8 Å². The van der Waals surface area contributed by atoms with Crippen LogP contribution >= 0.6 is 15.9 Å². The van der Waals surface area contributed by atoms with E-state index in [1.54, 1.807) is 13.3 Å². The Balaban J connectivity index is 2.07. The van der Waals surface area contributed by atoms with Crippen molar-refractivity contribution in [3.05, 3.63) is 40.6 Å². The number of rotatable bonds is 8. The van der Waals surface area contributed by atoms with E-state index in [2.05, 4.69) is 26.3 Å². The number of aromatic nitrogens is 2. The summed E-state index contributed by atoms with van der Waals surface area (Å²) in [6.45, 7) is 5.10. The van der Waals surface area contributed by atoms with Gasteiger partial charge in [-0.15, -0.1) is 0 Å². The second-order valence-electron chi connectivity index (χ2n) is 4.56. The normalized spacial score (nSPS) is 10.8. The molecule has 0 atom stereocenters. The van der Waals surface area contributed by atoms with E-state index in [1.165, 1.54) is 0 Å². The minimum absolute atomic E-state index is 0.690. The molecule has 0 unspecified atom stereocenters. The lowest BCUT2D eigenvalue weighted by Gasteiger charge is -2.11. The molecule has 21 heavy (non-hydrogen) atoms. The average molecular weight is 354 g/mol. The first-order valence-electron chi connectivity index (χ1n) is 6.91. The molecule has 0 aliphatic rings. The monoisotopic (exact) mass is 353 g/mol. The Labute approximate surface area is 133 Å². The van der Waals surface area contributed by atoms with Crippen LogP contribution in [0.1, 0.15) is 12.5 Å². The Morgan fingerprint density at radius 2 is 2.24 bits per heavy atom. The molecule has 0 fully saturated rings. The van der Waals surface area contributed by atoms with Crippen molar-refractivity contribution in [3.8, 4) is 11.5 Å². The highest BCUT2D eigenvalue weighted by Gasteiger charge is 2.07. The summed E-state index contributed by atoms with van der Waals surface area (Å²) in [5.41, 5.74) is 1.10. The number of halogens is 1. The second-order valence-corrected chi connectivity index (χ2v) is 5.47. The quantitative estimate of drug-likeness (QED) is 0.740. The molecule has 5 nitrogen and oxygen atoms in total. The van der Waals surface area contributed by atoms with Crippen LogP contribution in [0.25, 0.3) is 0 Å². The molecule has 1 aromatic carbocycles. The predicted octanol–water partition coefficient (Wildman–Crippen LogP) is 3.19. The number of ether oxygens (including phenoxy) is 2. The lowest BCUT2D eigenvalue weighted by molar-refractivity contribution is 0.199. The zero-order valence-electron chi connectivity index (χ0n) is 12.3. The maximum atomic E-state index is 5.95. The molecule has 2 aromatic rings. The molecule has 0 spiro atoms. The fourth-order valence-electron chi connectivity index (χ4n) is 1.86. The minimum Gasteiger partial charge on any atom is -0.454 e. The molecule has 0 radical (unpaired) electrons. The summed E-state index contributed by atoms with van der Waals surface area (Å²) in [5, 5.41) is 7.54. The van der Waals surface area contributed by atoms with E-state index in [1.807, 2.05) is 36.0 Å². The first-order chi connectivity index (χ1) is 10.2. The third-order valence-electron chi connectivity index (χ3n) is 2.99. The molecule has 114 valence electrons. The van der Waals surface area contributed by atoms with Gasteiger partial charge in [0, 0.05) is 36.8 Å². The molecule has 1 heterocycles. The van der Waals surface area contributed by atoms with Gasteiger partial charge in [0.1, 0.15) is 5.75 Å². The first-order valence-corrected chi connectivity index (χ1v) is 7.70. The van der Waals surface area contributed by atoms with Crippen molar-refractivity contribution in [2.45, 2.75) is 20.0 Å². The largest absolute Gasteiger partial charge is 0.454 e. The van der Waals surface area contributed by atoms with Crippen LogP contribution in [0, 0.1) is 0 Å². The molecule has 0 aliphatic carbocycles. The van der Waals surface area contributed by atoms with Gasteiger partial charge in [0.25, 0.3) is 0 Å². The van der Waals surface area contributed by atoms with Crippen LogP contribution in [0.4, 0.5) is 0 Å². The Morgan fingerprint density at radius 1 is 1.38 bits per heavy atom. The molecule has 1 aromatic heterocycles. The molecule has 0 amide bonds. The Hall–Kier alpha value is -1.37. The molecule has 1 N–H and O–H groups in total. The van der Waals surface area contributed by atoms with E-state index in [-0.39, 0.29) is 0 Å². The Kier molecular flexibility index (Phi) is 6.22. The first kappa shape index (κ1) is 16.0. The standard InChI is InChI=1S/C15H20BrN3O2/c1-3-19-11-14(10-18-19)21-15-8-13(16)5-4-12(15)9-17-6-7-20-2/h4-5,8,10-11,17H,3,6-7,9H2,1-2H3. The van der Waals surface area contributed by atoms with Crippen LogP contribution in [0.3, 0.4) is 0 Å². The molecular formula is C15H20BrN3O2. The highest BCUT2D eigenvalue weighted by Crippen LogP contribution is 2.28. The van der Waals surface area contributed by atoms with Gasteiger partial charge >= 0.3 is 0 Å². The highest BCUT2D eigenvalue weighted by molar-refractivity contribution is 9.10. The van der Waals surface area contributed by atoms with Crippen molar-refractivity contribution in [2.75, 3.05) is 20.3 Å². The van der Waals surface area contributed by atoms with E-state index in [0.29, 0.717) is 6.61 Å². The van der Waals surface area contributed by atoms with Crippen LogP contribution in [0.2, 0.25) is 0 Å². The van der Waals surface area contributed by atoms with Gasteiger partial charge in [-0.2, -0.15) is 5.10 Å². The lowest BCUT2D eigenvalue weighted by Crippen LogP contribution is -2.18. The van der Waals surface area contributed by atoms with Crippen molar-refractivity contribution >= 4 is 15.9 Å². The number of nitrogens with zero attached hydrogens (tertiary/aromatic N) is 2. The number of methoxy groups -OCH3 is 1. The molecule has 2 rings (SSSR count). The summed E-state index contributed by atoms with van der Waals surface area (Å²) < 4.78 is 13.8. The van der Waals surface area contributed by atoms with Crippen molar-refractivity contribution < 1.29 is 9.47 Å². The van der Waals surface area contributed by atoms with Crippen molar-refractivity contribution in [2.24, 2.45) is 0 Å². The fourth-order valence-corrected chi connectivity index (χ4v) is 2.20. The smallest absolute Gasteiger partial charge is 0.165 e. The molecule has 0 saturated heterocycles. The number of nitrogens with one attached hydrogen (secondary N) is 1. The van der Waals surface area contributed by atoms with E-state index >= 15 is 0 Å². The molecule has 0 bridgehead atoms. The van der Waals surface area contributed by atoms with Gasteiger partial charge in [-0.25, -0.2) is 0 Å². The van der Waals surface area contributed by atoms with Crippen LogP contribution in [0.5, 0.6) is 11.5 Å². The summed E-state index contributed by atoms with van der Waals surface area (Å²) in [5.74, 6) is 1.57. The summed E-state index contributed by atoms with van der Waals surface area (Å²) in [6, 6.07) is 6.02. The zero-order chi connectivity index (χ0) is 15.1. The Bertz CT molecular complexity index is 572. The number of hydrogen-bond acceptors (Lipinski definition) is 4. The molecule has 0 aliphatic heterocycles. The van der Waals surface area contributed by atoms with Crippen LogP contribution in [0.15, 0.2) is 35.1 Å². The SMILES string of the molecule is CCn1cc(Oc2cc(Br)ccc2CNCCOC)cn1. The molecular weight excluding hydrogens is 334 g/mol. The zero-order valence-corrected chi connectivity index (χ0v) is 13.9. The lowest BCUT2D eigenvalue weighted by atomic mass is 10.2. The maximum absolute atomic E-state index is 5.95. The molecule has 0 saturated carbocycles.